The van der Waals surface area contributed by atoms with Gasteiger partial charge in [-0.2, -0.15) is 0 Å². The molecule has 2 aliphatic rings. The topological polar surface area (TPSA) is 203 Å². The Bertz CT molecular complexity index is 1490. The molecule has 2 fully saturated rings. The van der Waals surface area contributed by atoms with Crippen LogP contribution in [-0.4, -0.2) is 85.9 Å². The summed E-state index contributed by atoms with van der Waals surface area (Å²) >= 11 is 0. The predicted octanol–water partition coefficient (Wildman–Crippen LogP) is 5.17. The maximum absolute atomic E-state index is 13.9. The number of rotatable bonds is 7. The lowest BCUT2D eigenvalue weighted by Crippen LogP contribution is -2.50. The number of aromatic nitrogens is 3. The number of alkyl carbamates (subject to hydrolysis) is 1. The number of nitrogens with zero attached hydrogens (tertiary/aromatic N) is 6. The molecule has 2 N–H and O–H groups in total. The van der Waals surface area contributed by atoms with Gasteiger partial charge in [0.2, 0.25) is 0 Å². The van der Waals surface area contributed by atoms with Gasteiger partial charge in [-0.15, -0.1) is 0 Å². The van der Waals surface area contributed by atoms with Gasteiger partial charge in [0.25, 0.3) is 0 Å². The standard InChI is InChI=1S/C29H42N8O8/c1-14(2)17(34-25(39)44-27(3,4)5)24(38)41-12-16-21-22(43-29(9,10)42-21)20(37(16)26(40)45-28(6,7)8)15-11-31-19-18(15)32-13-33-23(19)35-36-30/h11,13-14,16-17,20-22,31H,12H2,1-10H3,(H,34,39)/t16-,17?,20+,21-,22+/m1/s1. The van der Waals surface area contributed by atoms with E-state index in [1.54, 1.807) is 75.4 Å². The Hall–Kier alpha value is -4.14. The van der Waals surface area contributed by atoms with E-state index < -0.39 is 65.5 Å². The maximum Gasteiger partial charge on any atom is 0.411 e. The Balaban J connectivity index is 1.72. The van der Waals surface area contributed by atoms with E-state index >= 15 is 0 Å². The molecule has 4 rings (SSSR count). The molecule has 2 aliphatic heterocycles. The summed E-state index contributed by atoms with van der Waals surface area (Å²) in [5, 5.41) is 6.23. The third-order valence-electron chi connectivity index (χ3n) is 7.04. The minimum absolute atomic E-state index is 0.0822. The van der Waals surface area contributed by atoms with Crippen molar-refractivity contribution in [3.05, 3.63) is 28.5 Å². The highest BCUT2D eigenvalue weighted by molar-refractivity contribution is 5.88. The lowest BCUT2D eigenvalue weighted by atomic mass is 10.0. The molecule has 16 nitrogen and oxygen atoms in total. The van der Waals surface area contributed by atoms with Crippen molar-refractivity contribution in [3.8, 4) is 0 Å². The summed E-state index contributed by atoms with van der Waals surface area (Å²) in [5.74, 6) is -2.00. The fourth-order valence-corrected chi connectivity index (χ4v) is 5.43. The van der Waals surface area contributed by atoms with Crippen LogP contribution in [0.4, 0.5) is 15.4 Å². The Morgan fingerprint density at radius 2 is 1.76 bits per heavy atom. The largest absolute Gasteiger partial charge is 0.462 e. The molecule has 1 unspecified atom stereocenters. The summed E-state index contributed by atoms with van der Waals surface area (Å²) < 4.78 is 29.6. The summed E-state index contributed by atoms with van der Waals surface area (Å²) in [6.45, 7) is 17.1. The number of nitrogens with one attached hydrogen (secondary N) is 2. The van der Waals surface area contributed by atoms with Crippen molar-refractivity contribution in [1.82, 2.24) is 25.2 Å². The third kappa shape index (κ3) is 7.57. The number of H-pyrrole nitrogens is 1. The van der Waals surface area contributed by atoms with E-state index in [-0.39, 0.29) is 18.3 Å². The van der Waals surface area contributed by atoms with E-state index in [0.29, 0.717) is 16.6 Å². The minimum Gasteiger partial charge on any atom is -0.462 e. The van der Waals surface area contributed by atoms with Crippen LogP contribution in [0, 0.1) is 5.92 Å². The lowest BCUT2D eigenvalue weighted by molar-refractivity contribution is -0.172. The van der Waals surface area contributed by atoms with Crippen LogP contribution in [0.5, 0.6) is 0 Å². The van der Waals surface area contributed by atoms with E-state index in [1.165, 1.54) is 11.2 Å². The van der Waals surface area contributed by atoms with E-state index in [2.05, 4.69) is 30.3 Å². The molecular formula is C29H42N8O8. The van der Waals surface area contributed by atoms with Gasteiger partial charge in [0.05, 0.1) is 23.1 Å². The molecule has 5 atom stereocenters. The van der Waals surface area contributed by atoms with Gasteiger partial charge in [0.1, 0.15) is 42.4 Å². The van der Waals surface area contributed by atoms with Crippen molar-refractivity contribution >= 4 is 35.0 Å². The Morgan fingerprint density at radius 1 is 1.11 bits per heavy atom. The maximum atomic E-state index is 13.9. The van der Waals surface area contributed by atoms with E-state index in [4.69, 9.17) is 29.2 Å². The molecule has 0 bridgehead atoms. The second kappa shape index (κ2) is 12.3. The number of amides is 2. The van der Waals surface area contributed by atoms with Crippen LogP contribution in [0.15, 0.2) is 17.6 Å². The number of carbonyl (C=O) groups excluding carboxylic acids is 3. The quantitative estimate of drug-likeness (QED) is 0.135. The molecule has 0 aliphatic carbocycles. The van der Waals surface area contributed by atoms with Gasteiger partial charge in [-0.05, 0) is 72.0 Å². The molecule has 0 aromatic carbocycles. The first-order valence-electron chi connectivity index (χ1n) is 14.7. The van der Waals surface area contributed by atoms with E-state index in [9.17, 15) is 14.4 Å². The van der Waals surface area contributed by atoms with Crippen LogP contribution in [0.1, 0.15) is 80.8 Å². The molecule has 0 saturated carbocycles. The van der Waals surface area contributed by atoms with E-state index in [0.717, 1.165) is 0 Å². The highest BCUT2D eigenvalue weighted by atomic mass is 16.8. The third-order valence-corrected chi connectivity index (χ3v) is 7.04. The Kier molecular flexibility index (Phi) is 9.25. The molecule has 246 valence electrons. The highest BCUT2D eigenvalue weighted by Gasteiger charge is 2.61. The molecule has 2 saturated heterocycles. The van der Waals surface area contributed by atoms with Crippen LogP contribution in [-0.2, 0) is 28.5 Å². The monoisotopic (exact) mass is 630 g/mol. The normalized spacial score (nSPS) is 23.3. The van der Waals surface area contributed by atoms with Gasteiger partial charge in [-0.1, -0.05) is 13.8 Å². The van der Waals surface area contributed by atoms with Crippen molar-refractivity contribution in [3.63, 3.8) is 0 Å². The van der Waals surface area contributed by atoms with Crippen molar-refractivity contribution in [1.29, 1.82) is 0 Å². The molecular weight excluding hydrogens is 588 g/mol. The summed E-state index contributed by atoms with van der Waals surface area (Å²) in [4.78, 5) is 55.6. The van der Waals surface area contributed by atoms with Gasteiger partial charge in [-0.3, -0.25) is 4.90 Å². The number of aromatic amines is 1. The SMILES string of the molecule is CC(C)C(NC(=O)OC(C)(C)C)C(=O)OC[C@@H]1[C@H]2OC(C)(C)O[C@H]2[C@H](c2c[nH]c3c(N=[N+]=[N-])ncnc23)N1C(=O)OC(C)(C)C. The Morgan fingerprint density at radius 3 is 2.36 bits per heavy atom. The first-order chi connectivity index (χ1) is 20.8. The highest BCUT2D eigenvalue weighted by Crippen LogP contribution is 2.49. The molecule has 4 heterocycles. The summed E-state index contributed by atoms with van der Waals surface area (Å²) in [6.07, 6.45) is -0.0346. The molecule has 2 aromatic rings. The number of ether oxygens (including phenoxy) is 5. The number of likely N-dealkylation sites (tertiary alicyclic amines) is 1. The number of fused-ring (bicyclic) bond motifs is 2. The zero-order valence-corrected chi connectivity index (χ0v) is 27.3. The van der Waals surface area contributed by atoms with Crippen LogP contribution in [0.2, 0.25) is 0 Å². The predicted molar refractivity (Wildman–Crippen MR) is 160 cm³/mol. The van der Waals surface area contributed by atoms with Crippen LogP contribution < -0.4 is 5.32 Å². The first kappa shape index (κ1) is 33.7. The van der Waals surface area contributed by atoms with E-state index in [1.807, 2.05) is 0 Å². The van der Waals surface area contributed by atoms with Gasteiger partial charge >= 0.3 is 18.2 Å². The summed E-state index contributed by atoms with van der Waals surface area (Å²) in [5.41, 5.74) is 8.69. The number of azide groups is 1. The fraction of sp³-hybridized carbons (Fsp3) is 0.690. The Labute approximate surface area is 261 Å². The molecule has 0 spiro atoms. The molecule has 45 heavy (non-hydrogen) atoms. The minimum atomic E-state index is -1.04. The average molecular weight is 631 g/mol. The van der Waals surface area contributed by atoms with Gasteiger partial charge in [0, 0.05) is 16.7 Å². The number of hydrogen-bond acceptors (Lipinski definition) is 11. The molecule has 16 heteroatoms. The number of esters is 1. The summed E-state index contributed by atoms with van der Waals surface area (Å²) in [7, 11) is 0. The molecule has 2 aromatic heterocycles. The fourth-order valence-electron chi connectivity index (χ4n) is 5.43. The zero-order valence-electron chi connectivity index (χ0n) is 27.3. The lowest BCUT2D eigenvalue weighted by Gasteiger charge is -2.35. The van der Waals surface area contributed by atoms with Crippen molar-refractivity contribution in [2.24, 2.45) is 11.0 Å². The number of carbonyl (C=O) groups is 3. The molecule has 2 amide bonds. The van der Waals surface area contributed by atoms with Crippen molar-refractivity contribution in [2.75, 3.05) is 6.61 Å². The van der Waals surface area contributed by atoms with Crippen LogP contribution >= 0.6 is 0 Å². The second-order valence-corrected chi connectivity index (χ2v) is 13.8. The smallest absolute Gasteiger partial charge is 0.411 e. The summed E-state index contributed by atoms with van der Waals surface area (Å²) in [6, 6.07) is -2.71. The van der Waals surface area contributed by atoms with Gasteiger partial charge in [-0.25, -0.2) is 24.4 Å². The second-order valence-electron chi connectivity index (χ2n) is 13.8. The first-order valence-corrected chi connectivity index (χ1v) is 14.7. The zero-order chi connectivity index (χ0) is 33.5. The van der Waals surface area contributed by atoms with Gasteiger partial charge < -0.3 is 34.0 Å². The number of hydrogen-bond donors (Lipinski definition) is 2. The van der Waals surface area contributed by atoms with Crippen LogP contribution in [0.25, 0.3) is 21.5 Å². The van der Waals surface area contributed by atoms with Crippen molar-refractivity contribution in [2.45, 2.75) is 117 Å². The van der Waals surface area contributed by atoms with Crippen LogP contribution in [0.3, 0.4) is 0 Å². The average Bonchev–Trinajstić information content (AvgIpc) is 3.53. The van der Waals surface area contributed by atoms with Gasteiger partial charge in [0.15, 0.2) is 11.6 Å². The van der Waals surface area contributed by atoms with Crippen molar-refractivity contribution < 1.29 is 38.1 Å². The molecule has 0 radical (unpaired) electrons.